The molecule has 0 bridgehead atoms. The molecule has 6 nitrogen and oxygen atoms in total. The molecule has 0 atom stereocenters. The minimum atomic E-state index is 1.10. The molecule has 27 rings (SSSR count). The predicted molar refractivity (Wildman–Crippen MR) is 612 cm³/mol. The van der Waals surface area contributed by atoms with Gasteiger partial charge in [0.15, 0.2) is 0 Å². The van der Waals surface area contributed by atoms with Crippen LogP contribution in [0.1, 0.15) is 0 Å². The first-order valence-electron chi connectivity index (χ1n) is 49.3. The van der Waals surface area contributed by atoms with Gasteiger partial charge in [-0.05, 0) is 293 Å². The zero-order valence-electron chi connectivity index (χ0n) is 79.1. The van der Waals surface area contributed by atoms with E-state index in [9.17, 15) is 0 Å². The van der Waals surface area contributed by atoms with E-state index in [1.54, 1.807) is 0 Å². The van der Waals surface area contributed by atoms with Crippen LogP contribution in [0.2, 0.25) is 0 Å². The molecule has 0 saturated carbocycles. The highest BCUT2D eigenvalue weighted by Crippen LogP contribution is 2.46. The molecule has 0 aliphatic heterocycles. The van der Waals surface area contributed by atoms with E-state index >= 15 is 0 Å². The van der Waals surface area contributed by atoms with Crippen LogP contribution in [0.15, 0.2) is 582 Å². The highest BCUT2D eigenvalue weighted by Gasteiger charge is 2.23. The van der Waals surface area contributed by atoms with Gasteiger partial charge in [-0.15, -0.1) is 0 Å². The van der Waals surface area contributed by atoms with E-state index in [-0.39, 0.29) is 0 Å². The SMILES string of the molecule is c1ccc(-c2ccc(N(c3ccc(-c4ccc5ccccc5c4)cc3)c3cccc(-n4c5ccccc5c5ccccc54)c3)cc2)cc1.c1ccc(N(c2ccc(-c3ccc4ccccc4c3)cc2)c2cccc(-c3ccc(-n4c5ccccc5c5ccccc54)cc3)c2)cc1.c1ccc(N(c2ccc(-c3ccc4ccccc4c3)cc2)c2cccc(-c3cccc(-n4c5ccccc5c5ccccc54)c3)c2)cc1. The molecule has 678 valence electrons. The number of para-hydroxylation sites is 8. The highest BCUT2D eigenvalue weighted by atomic mass is 15.2. The van der Waals surface area contributed by atoms with E-state index in [1.165, 1.54) is 164 Å². The van der Waals surface area contributed by atoms with Gasteiger partial charge in [-0.1, -0.05) is 388 Å². The van der Waals surface area contributed by atoms with Gasteiger partial charge in [-0.2, -0.15) is 0 Å². The third-order valence-corrected chi connectivity index (χ3v) is 28.1. The Hall–Kier alpha value is -19.1. The van der Waals surface area contributed by atoms with Crippen molar-refractivity contribution in [2.24, 2.45) is 0 Å². The molecule has 3 heterocycles. The summed E-state index contributed by atoms with van der Waals surface area (Å²) in [5, 5.41) is 15.1. The number of anilines is 9. The zero-order chi connectivity index (χ0) is 95.6. The number of benzene rings is 24. The molecule has 6 heteroatoms. The second-order valence-corrected chi connectivity index (χ2v) is 36.7. The maximum Gasteiger partial charge on any atom is 0.0541 e. The van der Waals surface area contributed by atoms with Crippen LogP contribution < -0.4 is 14.7 Å². The van der Waals surface area contributed by atoms with Gasteiger partial charge in [0.05, 0.1) is 33.1 Å². The number of hydrogen-bond donors (Lipinski definition) is 0. The van der Waals surface area contributed by atoms with Gasteiger partial charge in [0.1, 0.15) is 0 Å². The third-order valence-electron chi connectivity index (χ3n) is 28.1. The maximum atomic E-state index is 2.38. The Morgan fingerprint density at radius 2 is 0.306 bits per heavy atom. The molecular weight excluding hydrogens is 1740 g/mol. The summed E-state index contributed by atoms with van der Waals surface area (Å²) in [6.45, 7) is 0. The zero-order valence-corrected chi connectivity index (χ0v) is 79.1. The van der Waals surface area contributed by atoms with Crippen LogP contribution in [0.4, 0.5) is 51.2 Å². The van der Waals surface area contributed by atoms with Gasteiger partial charge < -0.3 is 28.4 Å². The minimum Gasteiger partial charge on any atom is -0.310 e. The van der Waals surface area contributed by atoms with E-state index in [4.69, 9.17) is 0 Å². The van der Waals surface area contributed by atoms with E-state index in [2.05, 4.69) is 611 Å². The smallest absolute Gasteiger partial charge is 0.0541 e. The van der Waals surface area contributed by atoms with E-state index in [1.807, 2.05) is 0 Å². The quantitative estimate of drug-likeness (QED) is 0.0856. The van der Waals surface area contributed by atoms with E-state index < -0.39 is 0 Å². The topological polar surface area (TPSA) is 24.5 Å². The Kier molecular flexibility index (Phi) is 23.0. The number of nitrogens with zero attached hydrogens (tertiary/aromatic N) is 6. The Morgan fingerprint density at radius 3 is 0.646 bits per heavy atom. The van der Waals surface area contributed by atoms with Crippen molar-refractivity contribution >= 4 is 149 Å². The van der Waals surface area contributed by atoms with Gasteiger partial charge in [0.2, 0.25) is 0 Å². The Labute approximate surface area is 837 Å². The van der Waals surface area contributed by atoms with Gasteiger partial charge >= 0.3 is 0 Å². The van der Waals surface area contributed by atoms with Gasteiger partial charge in [-0.25, -0.2) is 0 Å². The van der Waals surface area contributed by atoms with Crippen LogP contribution in [-0.2, 0) is 0 Å². The maximum absolute atomic E-state index is 2.38. The summed E-state index contributed by atoms with van der Waals surface area (Å²) in [6.07, 6.45) is 0. The molecule has 24 aromatic carbocycles. The van der Waals surface area contributed by atoms with Crippen LogP contribution in [0.5, 0.6) is 0 Å². The molecule has 0 aliphatic rings. The van der Waals surface area contributed by atoms with Crippen LogP contribution in [0.3, 0.4) is 0 Å². The molecule has 0 radical (unpaired) electrons. The molecule has 0 saturated heterocycles. The molecule has 0 fully saturated rings. The average molecular weight is 1840 g/mol. The van der Waals surface area contributed by atoms with Gasteiger partial charge in [-0.3, -0.25) is 0 Å². The normalized spacial score (nSPS) is 11.3. The summed E-state index contributed by atoms with van der Waals surface area (Å²) >= 11 is 0. The summed E-state index contributed by atoms with van der Waals surface area (Å²) in [5.74, 6) is 0. The van der Waals surface area contributed by atoms with Crippen LogP contribution in [0.25, 0.3) is 182 Å². The lowest BCUT2D eigenvalue weighted by Crippen LogP contribution is -2.10. The predicted octanol–water partition coefficient (Wildman–Crippen LogP) is 38.2. The number of fused-ring (bicyclic) bond motifs is 12. The fourth-order valence-corrected chi connectivity index (χ4v) is 21.1. The first kappa shape index (κ1) is 86.4. The average Bonchev–Trinajstić information content (AvgIpc) is 1.61. The Balaban J connectivity index is 0.000000113. The molecular formula is C138H96N6. The van der Waals surface area contributed by atoms with Crippen LogP contribution in [0, 0.1) is 0 Å². The van der Waals surface area contributed by atoms with Crippen molar-refractivity contribution < 1.29 is 0 Å². The van der Waals surface area contributed by atoms with E-state index in [0.29, 0.717) is 0 Å². The number of hydrogen-bond acceptors (Lipinski definition) is 3. The fraction of sp³-hybridized carbons (Fsp3) is 0. The molecule has 0 unspecified atom stereocenters. The van der Waals surface area contributed by atoms with Gasteiger partial charge in [0, 0.05) is 101 Å². The summed E-state index contributed by atoms with van der Waals surface area (Å²) in [5.41, 5.74) is 35.1. The summed E-state index contributed by atoms with van der Waals surface area (Å²) in [6, 6.07) is 210. The lowest BCUT2D eigenvalue weighted by molar-refractivity contribution is 1.17. The lowest BCUT2D eigenvalue weighted by Gasteiger charge is -2.26. The Morgan fingerprint density at radius 1 is 0.104 bits per heavy atom. The molecule has 0 amide bonds. The standard InChI is InChI=1S/3C46H32N2/c1-2-16-39(17-3-1)47(40-28-26-34(27-29-40)38-25-24-33-12-4-5-13-35(33)30-38)41-18-10-14-36(31-41)37-15-11-19-42(32-37)48-45-22-8-6-20-43(45)44-21-7-9-23-46(44)48;1-2-14-39(15-3-1)47(40-27-23-35(24-28-40)38-22-21-33-11-4-5-12-36(33)31-38)42-16-10-13-37(32-42)34-25-29-41(30-26-34)48-45-19-8-6-17-43(45)44-18-7-9-20-46(44)48;1-2-11-33(12-3-1)35-23-27-39(28-24-35)47(40-29-25-36(26-30-40)38-22-21-34-13-4-5-14-37(34)31-38)41-15-10-16-42(32-41)48-45-19-8-6-17-43(45)44-18-7-9-20-46(44)48/h3*1-32H. The summed E-state index contributed by atoms with van der Waals surface area (Å²) in [7, 11) is 0. The van der Waals surface area contributed by atoms with Gasteiger partial charge in [0.25, 0.3) is 0 Å². The third kappa shape index (κ3) is 16.9. The monoisotopic (exact) mass is 1840 g/mol. The van der Waals surface area contributed by atoms with Crippen molar-refractivity contribution in [3.8, 4) is 83.8 Å². The first-order valence-corrected chi connectivity index (χ1v) is 49.3. The van der Waals surface area contributed by atoms with Crippen molar-refractivity contribution in [1.29, 1.82) is 0 Å². The first-order chi connectivity index (χ1) is 71.4. The van der Waals surface area contributed by atoms with Crippen molar-refractivity contribution in [3.05, 3.63) is 582 Å². The molecule has 0 aliphatic carbocycles. The van der Waals surface area contributed by atoms with Crippen LogP contribution in [-0.4, -0.2) is 13.7 Å². The van der Waals surface area contributed by atoms with Crippen molar-refractivity contribution in [1.82, 2.24) is 13.7 Å². The lowest BCUT2D eigenvalue weighted by atomic mass is 10.0. The second-order valence-electron chi connectivity index (χ2n) is 36.7. The number of rotatable bonds is 18. The summed E-state index contributed by atoms with van der Waals surface area (Å²) < 4.78 is 7.13. The van der Waals surface area contributed by atoms with Crippen LogP contribution >= 0.6 is 0 Å². The number of aromatic nitrogens is 3. The molecule has 0 N–H and O–H groups in total. The highest BCUT2D eigenvalue weighted by molar-refractivity contribution is 6.12. The molecule has 0 spiro atoms. The second kappa shape index (κ2) is 38.3. The van der Waals surface area contributed by atoms with Crippen molar-refractivity contribution in [3.63, 3.8) is 0 Å². The molecule has 144 heavy (non-hydrogen) atoms. The Bertz CT molecular complexity index is 9210. The fourth-order valence-electron chi connectivity index (χ4n) is 21.1. The largest absolute Gasteiger partial charge is 0.310 e. The van der Waals surface area contributed by atoms with E-state index in [0.717, 1.165) is 68.2 Å². The van der Waals surface area contributed by atoms with Crippen molar-refractivity contribution in [2.75, 3.05) is 14.7 Å². The minimum absolute atomic E-state index is 1.10. The summed E-state index contributed by atoms with van der Waals surface area (Å²) in [4.78, 5) is 7.03. The molecule has 3 aromatic heterocycles. The van der Waals surface area contributed by atoms with Crippen molar-refractivity contribution in [2.45, 2.75) is 0 Å². The molecule has 27 aromatic rings.